The number of nitrogens with zero attached hydrogens (tertiary/aromatic N) is 2. The van der Waals surface area contributed by atoms with Crippen molar-refractivity contribution in [1.82, 2.24) is 9.80 Å². The number of phenolic OH excluding ortho intramolecular Hbond substituents is 1. The number of phenols is 1. The molecule has 5 aromatic carbocycles. The van der Waals surface area contributed by atoms with Gasteiger partial charge >= 0.3 is 0 Å². The molecule has 0 aliphatic carbocycles. The number of fused-ring (bicyclic) bond motifs is 2. The molecule has 1 N–H and O–H groups in total. The number of carbonyl (C=O) groups is 1. The molecular formula is C51H58N2O8. The van der Waals surface area contributed by atoms with Gasteiger partial charge in [0.2, 0.25) is 5.75 Å². The Morgan fingerprint density at radius 3 is 2.02 bits per heavy atom. The van der Waals surface area contributed by atoms with Crippen molar-refractivity contribution in [1.29, 1.82) is 0 Å². The standard InChI is InChI=1S/C38H42N2O6.C13H16O2/c1-39-15-13-25-20-32(42-4)34-22-28(25)29(39)17-23-7-10-27(11-8-23)45-33-19-24(9-12-31(33)41-3)18-30-36-26(14-16-40(30)2)21-35(43-5)37(44-6)38(36)46-34;1-9(2)4-5-12-8-11(10(3)14)6-7-13(12)15/h7-12,19-22,29-30H,13-18H2,1-6H3;4,6-8,15H,5H2,1-3H3. The van der Waals surface area contributed by atoms with Gasteiger partial charge in [-0.2, -0.15) is 0 Å². The molecule has 10 nitrogen and oxygen atoms in total. The number of ketones is 1. The van der Waals surface area contributed by atoms with Crippen molar-refractivity contribution in [3.8, 4) is 51.7 Å². The third kappa shape index (κ3) is 9.36. The van der Waals surface area contributed by atoms with Crippen LogP contribution in [0.1, 0.15) is 82.2 Å². The van der Waals surface area contributed by atoms with Crippen molar-refractivity contribution in [3.05, 3.63) is 135 Å². The van der Waals surface area contributed by atoms with Crippen LogP contribution in [0.5, 0.6) is 51.7 Å². The number of aromatic hydroxyl groups is 1. The van der Waals surface area contributed by atoms with Crippen molar-refractivity contribution in [3.63, 3.8) is 0 Å². The first-order valence-corrected chi connectivity index (χ1v) is 20.9. The molecule has 9 rings (SSSR count). The molecule has 0 fully saturated rings. The molecule has 0 aromatic heterocycles. The van der Waals surface area contributed by atoms with E-state index in [-0.39, 0.29) is 23.6 Å². The molecule has 2 atom stereocenters. The number of likely N-dealkylation sites (N-methyl/N-ethyl adjacent to an activating group) is 2. The lowest BCUT2D eigenvalue weighted by Crippen LogP contribution is -2.34. The normalized spacial score (nSPS) is 16.9. The Morgan fingerprint density at radius 2 is 1.34 bits per heavy atom. The van der Waals surface area contributed by atoms with E-state index < -0.39 is 0 Å². The van der Waals surface area contributed by atoms with Crippen LogP contribution in [0.25, 0.3) is 0 Å². The van der Waals surface area contributed by atoms with Crippen LogP contribution in [0.2, 0.25) is 0 Å². The van der Waals surface area contributed by atoms with E-state index in [0.717, 1.165) is 61.2 Å². The first-order chi connectivity index (χ1) is 29.4. The van der Waals surface area contributed by atoms with Gasteiger partial charge in [0.1, 0.15) is 11.5 Å². The highest BCUT2D eigenvalue weighted by molar-refractivity contribution is 5.94. The first kappa shape index (κ1) is 43.1. The Balaban J connectivity index is 0.000000318. The first-order valence-electron chi connectivity index (χ1n) is 20.9. The molecule has 0 saturated heterocycles. The van der Waals surface area contributed by atoms with Crippen LogP contribution in [0, 0.1) is 0 Å². The maximum absolute atomic E-state index is 11.1. The zero-order chi connectivity index (χ0) is 43.4. The number of allylic oxidation sites excluding steroid dienone is 2. The molecule has 4 heterocycles. The summed E-state index contributed by atoms with van der Waals surface area (Å²) >= 11 is 0. The Kier molecular flexibility index (Phi) is 13.3. The van der Waals surface area contributed by atoms with Gasteiger partial charge in [-0.15, -0.1) is 0 Å². The van der Waals surface area contributed by atoms with E-state index in [2.05, 4.69) is 66.4 Å². The van der Waals surface area contributed by atoms with Crippen LogP contribution in [0.4, 0.5) is 0 Å². The molecule has 5 aromatic rings. The van der Waals surface area contributed by atoms with Crippen LogP contribution >= 0.6 is 0 Å². The summed E-state index contributed by atoms with van der Waals surface area (Å²) in [4.78, 5) is 16.0. The zero-order valence-electron chi connectivity index (χ0n) is 36.9. The fraction of sp³-hybridized carbons (Fsp3) is 0.353. The molecule has 2 unspecified atom stereocenters. The van der Waals surface area contributed by atoms with Crippen molar-refractivity contribution >= 4 is 5.78 Å². The van der Waals surface area contributed by atoms with E-state index in [0.29, 0.717) is 52.2 Å². The molecule has 0 amide bonds. The van der Waals surface area contributed by atoms with E-state index in [9.17, 15) is 9.90 Å². The number of rotatable bonds is 7. The summed E-state index contributed by atoms with van der Waals surface area (Å²) in [6.45, 7) is 7.40. The fourth-order valence-corrected chi connectivity index (χ4v) is 8.56. The predicted molar refractivity (Wildman–Crippen MR) is 239 cm³/mol. The van der Waals surface area contributed by atoms with E-state index in [1.165, 1.54) is 34.8 Å². The molecule has 0 spiro atoms. The average molecular weight is 827 g/mol. The highest BCUT2D eigenvalue weighted by atomic mass is 16.5. The van der Waals surface area contributed by atoms with Crippen molar-refractivity contribution in [2.45, 2.75) is 65.0 Å². The largest absolute Gasteiger partial charge is 0.508 e. The van der Waals surface area contributed by atoms with E-state index in [4.69, 9.17) is 28.4 Å². The number of carbonyl (C=O) groups excluding carboxylic acids is 1. The van der Waals surface area contributed by atoms with Crippen molar-refractivity contribution in [2.24, 2.45) is 0 Å². The van der Waals surface area contributed by atoms with Crippen molar-refractivity contribution in [2.75, 3.05) is 55.6 Å². The molecule has 4 aliphatic heterocycles. The van der Waals surface area contributed by atoms with Crippen LogP contribution < -0.4 is 28.4 Å². The highest BCUT2D eigenvalue weighted by Crippen LogP contribution is 2.52. The Labute approximate surface area is 360 Å². The minimum atomic E-state index is 0.000437. The highest BCUT2D eigenvalue weighted by Gasteiger charge is 2.35. The number of Topliss-reactive ketones (excluding diaryl/α,β-unsaturated/α-hetero) is 1. The third-order valence-electron chi connectivity index (χ3n) is 12.1. The second-order valence-corrected chi connectivity index (χ2v) is 16.3. The van der Waals surface area contributed by atoms with Gasteiger partial charge in [-0.3, -0.25) is 14.6 Å². The molecule has 0 radical (unpaired) electrons. The molecular weight excluding hydrogens is 769 g/mol. The summed E-state index contributed by atoms with van der Waals surface area (Å²) in [6.07, 6.45) is 6.06. The number of benzene rings is 5. The number of hydrogen-bond donors (Lipinski definition) is 1. The number of ether oxygens (including phenoxy) is 6. The number of methoxy groups -OCH3 is 4. The van der Waals surface area contributed by atoms with Gasteiger partial charge in [0, 0.05) is 36.3 Å². The van der Waals surface area contributed by atoms with Crippen LogP contribution in [-0.2, 0) is 32.1 Å². The maximum Gasteiger partial charge on any atom is 0.204 e. The number of hydrogen-bond acceptors (Lipinski definition) is 10. The van der Waals surface area contributed by atoms with E-state index >= 15 is 0 Å². The summed E-state index contributed by atoms with van der Waals surface area (Å²) in [6, 6.07) is 26.2. The van der Waals surface area contributed by atoms with Gasteiger partial charge in [0.15, 0.2) is 40.3 Å². The smallest absolute Gasteiger partial charge is 0.204 e. The topological polar surface area (TPSA) is 99.2 Å². The lowest BCUT2D eigenvalue weighted by molar-refractivity contribution is 0.101. The molecule has 10 heteroatoms. The summed E-state index contributed by atoms with van der Waals surface area (Å²) in [5, 5.41) is 9.59. The Bertz CT molecular complexity index is 2420. The molecule has 61 heavy (non-hydrogen) atoms. The minimum absolute atomic E-state index is 0.000437. The monoisotopic (exact) mass is 826 g/mol. The quantitative estimate of drug-likeness (QED) is 0.126. The van der Waals surface area contributed by atoms with Crippen LogP contribution in [-0.4, -0.2) is 76.3 Å². The molecule has 4 aliphatic rings. The predicted octanol–water partition coefficient (Wildman–Crippen LogP) is 10.3. The van der Waals surface area contributed by atoms with Gasteiger partial charge in [0.25, 0.3) is 0 Å². The second-order valence-electron chi connectivity index (χ2n) is 16.3. The third-order valence-corrected chi connectivity index (χ3v) is 12.1. The average Bonchev–Trinajstić information content (AvgIpc) is 3.25. The van der Waals surface area contributed by atoms with E-state index in [1.807, 2.05) is 38.1 Å². The fourth-order valence-electron chi connectivity index (χ4n) is 8.56. The second kappa shape index (κ2) is 18.7. The molecule has 0 saturated carbocycles. The van der Waals surface area contributed by atoms with Gasteiger partial charge < -0.3 is 33.5 Å². The zero-order valence-corrected chi connectivity index (χ0v) is 36.9. The lowest BCUT2D eigenvalue weighted by Gasteiger charge is -2.37. The molecule has 320 valence electrons. The SMILES string of the molecule is CC(=O)c1ccc(O)c(CC=C(C)C)c1.COc1ccc2cc1Oc1ccc(cc1)CC1c3cc(c(OC)cc3CCN1C)Oc1c(OC)c(OC)cc3c1C(C2)N(C)CC3. The van der Waals surface area contributed by atoms with Crippen LogP contribution in [0.3, 0.4) is 0 Å². The Hall–Kier alpha value is -5.97. The van der Waals surface area contributed by atoms with Crippen LogP contribution in [0.15, 0.2) is 90.5 Å². The van der Waals surface area contributed by atoms with Crippen molar-refractivity contribution < 1.29 is 38.3 Å². The summed E-state index contributed by atoms with van der Waals surface area (Å²) in [5.41, 5.74) is 9.79. The molecule has 6 bridgehead atoms. The maximum atomic E-state index is 11.1. The summed E-state index contributed by atoms with van der Waals surface area (Å²) in [5.74, 6) is 5.68. The van der Waals surface area contributed by atoms with Gasteiger partial charge in [-0.1, -0.05) is 29.8 Å². The Morgan fingerprint density at radius 1 is 0.705 bits per heavy atom. The summed E-state index contributed by atoms with van der Waals surface area (Å²) in [7, 11) is 11.1. The van der Waals surface area contributed by atoms with Gasteiger partial charge in [-0.05, 0) is 161 Å². The summed E-state index contributed by atoms with van der Waals surface area (Å²) < 4.78 is 37.1. The minimum Gasteiger partial charge on any atom is -0.508 e. The lowest BCUT2D eigenvalue weighted by atomic mass is 9.87. The van der Waals surface area contributed by atoms with Gasteiger partial charge in [0.05, 0.1) is 28.4 Å². The van der Waals surface area contributed by atoms with E-state index in [1.54, 1.807) is 46.6 Å². The van der Waals surface area contributed by atoms with Gasteiger partial charge in [-0.25, -0.2) is 0 Å².